The highest BCUT2D eigenvalue weighted by Crippen LogP contribution is 2.23. The minimum absolute atomic E-state index is 0.0507. The molecule has 0 aliphatic rings. The summed E-state index contributed by atoms with van der Waals surface area (Å²) in [4.78, 5) is 20.5. The van der Waals surface area contributed by atoms with E-state index < -0.39 is 0 Å². The Balaban J connectivity index is 1.66. The molecule has 0 saturated carbocycles. The molecular weight excluding hydrogens is 343 g/mol. The van der Waals surface area contributed by atoms with Gasteiger partial charge in [0.1, 0.15) is 17.3 Å². The van der Waals surface area contributed by atoms with Gasteiger partial charge in [-0.3, -0.25) is 4.79 Å². The molecule has 0 atom stereocenters. The fourth-order valence-corrected chi connectivity index (χ4v) is 2.46. The van der Waals surface area contributed by atoms with Gasteiger partial charge in [-0.1, -0.05) is 45.0 Å². The van der Waals surface area contributed by atoms with Crippen molar-refractivity contribution < 1.29 is 9.18 Å². The Hall–Kier alpha value is -3.28. The number of anilines is 3. The molecule has 0 spiro atoms. The first-order chi connectivity index (χ1) is 12.8. The highest BCUT2D eigenvalue weighted by molar-refractivity contribution is 6.02. The molecule has 2 aromatic carbocycles. The average molecular weight is 364 g/mol. The van der Waals surface area contributed by atoms with Crippen LogP contribution < -0.4 is 10.6 Å². The molecular formula is C21H21FN4O. The van der Waals surface area contributed by atoms with Crippen LogP contribution in [0.2, 0.25) is 0 Å². The molecule has 3 rings (SSSR count). The highest BCUT2D eigenvalue weighted by Gasteiger charge is 2.14. The molecule has 1 amide bonds. The smallest absolute Gasteiger partial charge is 0.275 e. The van der Waals surface area contributed by atoms with Crippen LogP contribution in [0.25, 0.3) is 0 Å². The lowest BCUT2D eigenvalue weighted by molar-refractivity contribution is 0.102. The van der Waals surface area contributed by atoms with E-state index in [9.17, 15) is 9.18 Å². The van der Waals surface area contributed by atoms with Crippen molar-refractivity contribution in [1.82, 2.24) is 9.97 Å². The number of nitrogens with zero attached hydrogens (tertiary/aromatic N) is 2. The number of nitrogens with one attached hydrogen (secondary N) is 2. The van der Waals surface area contributed by atoms with E-state index in [-0.39, 0.29) is 22.8 Å². The lowest BCUT2D eigenvalue weighted by Crippen LogP contribution is -2.15. The lowest BCUT2D eigenvalue weighted by atomic mass is 9.87. The van der Waals surface area contributed by atoms with Crippen molar-refractivity contribution in [3.8, 4) is 0 Å². The van der Waals surface area contributed by atoms with Gasteiger partial charge >= 0.3 is 0 Å². The van der Waals surface area contributed by atoms with E-state index in [1.54, 1.807) is 18.2 Å². The summed E-state index contributed by atoms with van der Waals surface area (Å²) in [6.07, 6.45) is 2.74. The largest absolute Gasteiger partial charge is 0.337 e. The molecule has 27 heavy (non-hydrogen) atoms. The summed E-state index contributed by atoms with van der Waals surface area (Å²) in [6, 6.07) is 14.0. The van der Waals surface area contributed by atoms with Gasteiger partial charge < -0.3 is 10.6 Å². The summed E-state index contributed by atoms with van der Waals surface area (Å²) in [7, 11) is 0. The second-order valence-corrected chi connectivity index (χ2v) is 7.17. The van der Waals surface area contributed by atoms with Gasteiger partial charge in [-0.15, -0.1) is 0 Å². The van der Waals surface area contributed by atoms with Crippen LogP contribution in [0.5, 0.6) is 0 Å². The highest BCUT2D eigenvalue weighted by atomic mass is 19.1. The Kier molecular flexibility index (Phi) is 5.16. The number of hydrogen-bond acceptors (Lipinski definition) is 4. The summed E-state index contributed by atoms with van der Waals surface area (Å²) in [5.74, 6) is -0.394. The fourth-order valence-electron chi connectivity index (χ4n) is 2.46. The first-order valence-electron chi connectivity index (χ1n) is 8.58. The molecule has 5 nitrogen and oxygen atoms in total. The monoisotopic (exact) mass is 364 g/mol. The molecule has 0 aliphatic heterocycles. The van der Waals surface area contributed by atoms with Gasteiger partial charge in [-0.25, -0.2) is 14.4 Å². The Morgan fingerprint density at radius 2 is 1.67 bits per heavy atom. The van der Waals surface area contributed by atoms with Crippen molar-refractivity contribution in [2.75, 3.05) is 10.6 Å². The maximum absolute atomic E-state index is 13.7. The molecule has 0 saturated heterocycles. The molecule has 1 aromatic heterocycles. The molecule has 3 aromatic rings. The van der Waals surface area contributed by atoms with Crippen LogP contribution in [-0.2, 0) is 5.41 Å². The summed E-state index contributed by atoms with van der Waals surface area (Å²) < 4.78 is 13.7. The first kappa shape index (κ1) is 18.5. The van der Waals surface area contributed by atoms with Gasteiger partial charge in [-0.2, -0.15) is 0 Å². The van der Waals surface area contributed by atoms with Crippen LogP contribution >= 0.6 is 0 Å². The summed E-state index contributed by atoms with van der Waals surface area (Å²) in [6.45, 7) is 6.40. The number of halogens is 1. The second-order valence-electron chi connectivity index (χ2n) is 7.17. The van der Waals surface area contributed by atoms with Gasteiger partial charge in [0.25, 0.3) is 5.91 Å². The third kappa shape index (κ3) is 4.67. The Labute approximate surface area is 157 Å². The van der Waals surface area contributed by atoms with Crippen LogP contribution in [-0.4, -0.2) is 15.9 Å². The second kappa shape index (κ2) is 7.53. The summed E-state index contributed by atoms with van der Waals surface area (Å²) in [5.41, 5.74) is 2.39. The van der Waals surface area contributed by atoms with Gasteiger partial charge in [-0.05, 0) is 35.2 Å². The van der Waals surface area contributed by atoms with Crippen LogP contribution in [0, 0.1) is 5.82 Å². The number of aromatic nitrogens is 2. The van der Waals surface area contributed by atoms with Crippen molar-refractivity contribution in [3.05, 3.63) is 78.0 Å². The Morgan fingerprint density at radius 3 is 2.26 bits per heavy atom. The van der Waals surface area contributed by atoms with Crippen molar-refractivity contribution in [2.45, 2.75) is 26.2 Å². The Bertz CT molecular complexity index is 932. The average Bonchev–Trinajstić information content (AvgIpc) is 2.64. The summed E-state index contributed by atoms with van der Waals surface area (Å²) in [5, 5.41) is 5.62. The van der Waals surface area contributed by atoms with Gasteiger partial charge in [0, 0.05) is 5.69 Å². The maximum Gasteiger partial charge on any atom is 0.275 e. The van der Waals surface area contributed by atoms with E-state index in [1.165, 1.54) is 24.0 Å². The molecule has 0 unspecified atom stereocenters. The minimum Gasteiger partial charge on any atom is -0.337 e. The van der Waals surface area contributed by atoms with Gasteiger partial charge in [0.15, 0.2) is 0 Å². The van der Waals surface area contributed by atoms with Crippen LogP contribution in [0.15, 0.2) is 60.9 Å². The third-order valence-corrected chi connectivity index (χ3v) is 4.03. The first-order valence-corrected chi connectivity index (χ1v) is 8.58. The van der Waals surface area contributed by atoms with E-state index in [4.69, 9.17) is 0 Å². The van der Waals surface area contributed by atoms with Crippen LogP contribution in [0.3, 0.4) is 0 Å². The van der Waals surface area contributed by atoms with Crippen LogP contribution in [0.4, 0.5) is 21.6 Å². The van der Waals surface area contributed by atoms with E-state index in [1.807, 2.05) is 24.3 Å². The van der Waals surface area contributed by atoms with Gasteiger partial charge in [0.2, 0.25) is 0 Å². The summed E-state index contributed by atoms with van der Waals surface area (Å²) >= 11 is 0. The van der Waals surface area contributed by atoms with Crippen molar-refractivity contribution in [2.24, 2.45) is 0 Å². The van der Waals surface area contributed by atoms with Gasteiger partial charge in [0.05, 0.1) is 18.1 Å². The minimum atomic E-state index is -0.389. The number of carbonyl (C=O) groups is 1. The molecule has 138 valence electrons. The number of rotatable bonds is 4. The fraction of sp³-hybridized carbons (Fsp3) is 0.190. The number of para-hydroxylation sites is 1. The van der Waals surface area contributed by atoms with E-state index in [0.29, 0.717) is 17.2 Å². The third-order valence-electron chi connectivity index (χ3n) is 4.03. The van der Waals surface area contributed by atoms with E-state index in [2.05, 4.69) is 41.4 Å². The predicted octanol–water partition coefficient (Wildman–Crippen LogP) is 4.91. The normalized spacial score (nSPS) is 11.1. The zero-order valence-electron chi connectivity index (χ0n) is 15.5. The molecule has 2 N–H and O–H groups in total. The number of benzene rings is 2. The van der Waals surface area contributed by atoms with E-state index >= 15 is 0 Å². The SMILES string of the molecule is CC(C)(C)c1ccc(NC(=O)c2cnc(Nc3ccccc3F)cn2)cc1. The number of amides is 1. The molecule has 0 aliphatic carbocycles. The van der Waals surface area contributed by atoms with Crippen molar-refractivity contribution >= 4 is 23.1 Å². The number of carbonyl (C=O) groups excluding carboxylic acids is 1. The quantitative estimate of drug-likeness (QED) is 0.690. The van der Waals surface area contributed by atoms with E-state index in [0.717, 1.165) is 0 Å². The topological polar surface area (TPSA) is 66.9 Å². The zero-order chi connectivity index (χ0) is 19.4. The molecule has 6 heteroatoms. The standard InChI is InChI=1S/C21H21FN4O/c1-21(2,3)14-8-10-15(11-9-14)25-20(27)18-12-24-19(13-23-18)26-17-7-5-4-6-16(17)22/h4-13H,1-3H3,(H,24,26)(H,25,27). The molecule has 0 fully saturated rings. The molecule has 0 radical (unpaired) electrons. The molecule has 1 heterocycles. The zero-order valence-corrected chi connectivity index (χ0v) is 15.5. The van der Waals surface area contributed by atoms with Crippen LogP contribution in [0.1, 0.15) is 36.8 Å². The van der Waals surface area contributed by atoms with Crippen molar-refractivity contribution in [3.63, 3.8) is 0 Å². The van der Waals surface area contributed by atoms with Crippen molar-refractivity contribution in [1.29, 1.82) is 0 Å². The maximum atomic E-state index is 13.7. The molecule has 0 bridgehead atoms. The lowest BCUT2D eigenvalue weighted by Gasteiger charge is -2.19. The number of hydrogen-bond donors (Lipinski definition) is 2. The predicted molar refractivity (Wildman–Crippen MR) is 105 cm³/mol. The Morgan fingerprint density at radius 1 is 0.963 bits per heavy atom.